The second kappa shape index (κ2) is 12.9. The maximum absolute atomic E-state index is 13.5. The van der Waals surface area contributed by atoms with Crippen molar-refractivity contribution in [3.63, 3.8) is 0 Å². The Morgan fingerprint density at radius 3 is 2.41 bits per heavy atom. The molecule has 0 bridgehead atoms. The van der Waals surface area contributed by atoms with Crippen LogP contribution in [0.15, 0.2) is 54.6 Å². The van der Waals surface area contributed by atoms with Crippen LogP contribution in [0.3, 0.4) is 0 Å². The minimum atomic E-state index is -0.187. The standard InChI is InChI=1S/C32H45N3O2/c36-31-32(17-8-2-5-12-28-13-6-7-14-30(28)37-25-9-20-33-31)18-23-35(24-19-32)29-15-21-34(22-16-29)26-27-10-3-1-4-11-27/h1,3-4,6-7,10-11,13-14,29H,2,5,8-9,12,15-26H2,(H,33,36). The summed E-state index contributed by atoms with van der Waals surface area (Å²) in [6.07, 6.45) is 10.9. The highest BCUT2D eigenvalue weighted by Gasteiger charge is 2.42. The van der Waals surface area contributed by atoms with Crippen LogP contribution in [0.2, 0.25) is 0 Å². The fourth-order valence-electron chi connectivity index (χ4n) is 6.64. The van der Waals surface area contributed by atoms with Crippen molar-refractivity contribution in [1.29, 1.82) is 0 Å². The number of hydrogen-bond donors (Lipinski definition) is 1. The Labute approximate surface area is 223 Å². The molecule has 3 aliphatic heterocycles. The van der Waals surface area contributed by atoms with Gasteiger partial charge in [-0.3, -0.25) is 9.69 Å². The Kier molecular flexibility index (Phi) is 9.17. The fraction of sp³-hybridized carbons (Fsp3) is 0.594. The normalized spacial score (nSPS) is 23.0. The molecule has 1 N–H and O–H groups in total. The van der Waals surface area contributed by atoms with E-state index in [-0.39, 0.29) is 5.41 Å². The SMILES string of the molecule is O=C1NCCCOc2ccccc2CCCCCC12CCN(C1CCN(Cc3ccccc3)CC1)CC2. The average Bonchev–Trinajstić information content (AvgIpc) is 2.94. The molecule has 2 saturated heterocycles. The van der Waals surface area contributed by atoms with Gasteiger partial charge >= 0.3 is 0 Å². The molecule has 5 rings (SSSR count). The summed E-state index contributed by atoms with van der Waals surface area (Å²) in [5.41, 5.74) is 2.55. The first kappa shape index (κ1) is 26.2. The van der Waals surface area contributed by atoms with Gasteiger partial charge < -0.3 is 15.0 Å². The molecule has 3 heterocycles. The lowest BCUT2D eigenvalue weighted by Gasteiger charge is -2.46. The molecule has 5 heteroatoms. The monoisotopic (exact) mass is 503 g/mol. The van der Waals surface area contributed by atoms with E-state index in [1.807, 2.05) is 6.07 Å². The van der Waals surface area contributed by atoms with Crippen LogP contribution in [-0.2, 0) is 17.8 Å². The molecule has 1 amide bonds. The number of hydrogen-bond acceptors (Lipinski definition) is 4. The second-order valence-corrected chi connectivity index (χ2v) is 11.4. The van der Waals surface area contributed by atoms with E-state index >= 15 is 0 Å². The summed E-state index contributed by atoms with van der Waals surface area (Å²) in [5.74, 6) is 1.31. The number of ether oxygens (including phenoxy) is 1. The largest absolute Gasteiger partial charge is 0.493 e. The summed E-state index contributed by atoms with van der Waals surface area (Å²) in [4.78, 5) is 18.8. The van der Waals surface area contributed by atoms with Gasteiger partial charge in [0, 0.05) is 19.1 Å². The number of benzene rings is 2. The number of fused-ring (bicyclic) bond motifs is 1. The molecular weight excluding hydrogens is 458 g/mol. The molecule has 5 nitrogen and oxygen atoms in total. The third kappa shape index (κ3) is 6.94. The van der Waals surface area contributed by atoms with Crippen LogP contribution in [0.5, 0.6) is 5.75 Å². The minimum absolute atomic E-state index is 0.187. The Morgan fingerprint density at radius 1 is 0.838 bits per heavy atom. The topological polar surface area (TPSA) is 44.8 Å². The fourth-order valence-corrected chi connectivity index (χ4v) is 6.64. The molecule has 0 unspecified atom stereocenters. The van der Waals surface area contributed by atoms with Crippen molar-refractivity contribution in [1.82, 2.24) is 15.1 Å². The van der Waals surface area contributed by atoms with Crippen LogP contribution >= 0.6 is 0 Å². The van der Waals surface area contributed by atoms with E-state index in [1.54, 1.807) is 0 Å². The second-order valence-electron chi connectivity index (χ2n) is 11.4. The summed E-state index contributed by atoms with van der Waals surface area (Å²) in [6, 6.07) is 20.0. The third-order valence-corrected chi connectivity index (χ3v) is 9.00. The first-order chi connectivity index (χ1) is 18.2. The van der Waals surface area contributed by atoms with E-state index in [1.165, 1.54) is 43.5 Å². The zero-order valence-corrected chi connectivity index (χ0v) is 22.5. The molecule has 200 valence electrons. The van der Waals surface area contributed by atoms with Crippen molar-refractivity contribution in [2.24, 2.45) is 5.41 Å². The molecule has 0 atom stereocenters. The summed E-state index contributed by atoms with van der Waals surface area (Å²) in [7, 11) is 0. The van der Waals surface area contributed by atoms with Gasteiger partial charge in [0.25, 0.3) is 0 Å². The smallest absolute Gasteiger partial charge is 0.226 e. The van der Waals surface area contributed by atoms with E-state index < -0.39 is 0 Å². The van der Waals surface area contributed by atoms with Crippen LogP contribution in [0, 0.1) is 5.41 Å². The number of carbonyl (C=O) groups excluding carboxylic acids is 1. The first-order valence-corrected chi connectivity index (χ1v) is 14.7. The number of nitrogens with one attached hydrogen (secondary N) is 1. The minimum Gasteiger partial charge on any atom is -0.493 e. The van der Waals surface area contributed by atoms with Gasteiger partial charge in [-0.05, 0) is 94.7 Å². The number of aryl methyl sites for hydroxylation is 1. The highest BCUT2D eigenvalue weighted by atomic mass is 16.5. The van der Waals surface area contributed by atoms with Crippen LogP contribution in [0.25, 0.3) is 0 Å². The molecule has 2 aromatic carbocycles. The van der Waals surface area contributed by atoms with Gasteiger partial charge in [0.05, 0.1) is 12.0 Å². The third-order valence-electron chi connectivity index (χ3n) is 9.00. The summed E-state index contributed by atoms with van der Waals surface area (Å²) >= 11 is 0. The molecular formula is C32H45N3O2. The van der Waals surface area contributed by atoms with E-state index in [4.69, 9.17) is 4.74 Å². The van der Waals surface area contributed by atoms with Crippen molar-refractivity contribution in [3.05, 3.63) is 65.7 Å². The quantitative estimate of drug-likeness (QED) is 0.606. The molecule has 0 aliphatic carbocycles. The molecule has 37 heavy (non-hydrogen) atoms. The number of likely N-dealkylation sites (tertiary alicyclic amines) is 2. The van der Waals surface area contributed by atoms with Crippen LogP contribution in [0.1, 0.15) is 68.9 Å². The molecule has 3 aliphatic rings. The Bertz CT molecular complexity index is 979. The van der Waals surface area contributed by atoms with Gasteiger partial charge in [-0.15, -0.1) is 0 Å². The van der Waals surface area contributed by atoms with Crippen LogP contribution in [-0.4, -0.2) is 61.1 Å². The number of piperidine rings is 2. The van der Waals surface area contributed by atoms with Gasteiger partial charge in [0.2, 0.25) is 5.91 Å². The molecule has 1 spiro atoms. The van der Waals surface area contributed by atoms with Gasteiger partial charge in [-0.1, -0.05) is 61.4 Å². The molecule has 2 fully saturated rings. The zero-order valence-electron chi connectivity index (χ0n) is 22.5. The van der Waals surface area contributed by atoms with Gasteiger partial charge in [0.15, 0.2) is 0 Å². The van der Waals surface area contributed by atoms with Gasteiger partial charge in [-0.25, -0.2) is 0 Å². The lowest BCUT2D eigenvalue weighted by Crippen LogP contribution is -2.53. The van der Waals surface area contributed by atoms with Crippen molar-refractivity contribution in [2.45, 2.75) is 76.8 Å². The Hall–Kier alpha value is -2.37. The number of para-hydroxylation sites is 1. The molecule has 0 aromatic heterocycles. The van der Waals surface area contributed by atoms with E-state index in [2.05, 4.69) is 63.6 Å². The summed E-state index contributed by atoms with van der Waals surface area (Å²) in [5, 5.41) is 3.30. The molecule has 0 saturated carbocycles. The maximum atomic E-state index is 13.5. The molecule has 2 aromatic rings. The van der Waals surface area contributed by atoms with Gasteiger partial charge in [-0.2, -0.15) is 0 Å². The molecule has 0 radical (unpaired) electrons. The predicted octanol–water partition coefficient (Wildman–Crippen LogP) is 5.44. The number of nitrogens with zero attached hydrogens (tertiary/aromatic N) is 2. The summed E-state index contributed by atoms with van der Waals surface area (Å²) in [6.45, 7) is 6.89. The van der Waals surface area contributed by atoms with E-state index in [0.717, 1.165) is 70.3 Å². The van der Waals surface area contributed by atoms with Crippen molar-refractivity contribution in [3.8, 4) is 5.75 Å². The maximum Gasteiger partial charge on any atom is 0.226 e. The van der Waals surface area contributed by atoms with Gasteiger partial charge in [0.1, 0.15) is 5.75 Å². The number of carbonyl (C=O) groups is 1. The highest BCUT2D eigenvalue weighted by Crippen LogP contribution is 2.39. The zero-order chi connectivity index (χ0) is 25.3. The first-order valence-electron chi connectivity index (χ1n) is 14.7. The van der Waals surface area contributed by atoms with Crippen molar-refractivity contribution in [2.75, 3.05) is 39.3 Å². The number of rotatable bonds is 3. The van der Waals surface area contributed by atoms with Crippen molar-refractivity contribution >= 4 is 5.91 Å². The lowest BCUT2D eigenvalue weighted by molar-refractivity contribution is -0.135. The van der Waals surface area contributed by atoms with Crippen molar-refractivity contribution < 1.29 is 9.53 Å². The van der Waals surface area contributed by atoms with Crippen LogP contribution in [0.4, 0.5) is 0 Å². The highest BCUT2D eigenvalue weighted by molar-refractivity contribution is 5.82. The van der Waals surface area contributed by atoms with E-state index in [9.17, 15) is 4.79 Å². The van der Waals surface area contributed by atoms with E-state index in [0.29, 0.717) is 25.1 Å². The Balaban J connectivity index is 1.12. The predicted molar refractivity (Wildman–Crippen MR) is 150 cm³/mol. The summed E-state index contributed by atoms with van der Waals surface area (Å²) < 4.78 is 6.07. The lowest BCUT2D eigenvalue weighted by atomic mass is 9.73. The van der Waals surface area contributed by atoms with Crippen LogP contribution < -0.4 is 10.1 Å². The average molecular weight is 504 g/mol. The number of amides is 1. The Morgan fingerprint density at radius 2 is 1.59 bits per heavy atom.